The van der Waals surface area contributed by atoms with Crippen molar-refractivity contribution in [3.63, 3.8) is 0 Å². The van der Waals surface area contributed by atoms with Crippen molar-refractivity contribution in [1.29, 1.82) is 0 Å². The van der Waals surface area contributed by atoms with Crippen molar-refractivity contribution in [2.24, 2.45) is 18.4 Å². The number of nitrogens with zero attached hydrogens (tertiary/aromatic N) is 2. The quantitative estimate of drug-likeness (QED) is 0.813. The second-order valence-electron chi connectivity index (χ2n) is 5.55. The molecule has 0 spiro atoms. The molecule has 1 heterocycles. The predicted octanol–water partition coefficient (Wildman–Crippen LogP) is 2.54. The van der Waals surface area contributed by atoms with E-state index < -0.39 is 0 Å². The number of hydrogen-bond acceptors (Lipinski definition) is 2. The van der Waals surface area contributed by atoms with Gasteiger partial charge in [-0.1, -0.05) is 27.7 Å². The summed E-state index contributed by atoms with van der Waals surface area (Å²) in [5.74, 6) is 1.39. The van der Waals surface area contributed by atoms with Crippen molar-refractivity contribution in [2.75, 3.05) is 5.73 Å². The van der Waals surface area contributed by atoms with Gasteiger partial charge >= 0.3 is 0 Å². The topological polar surface area (TPSA) is 43.8 Å². The Bertz CT molecular complexity index is 344. The minimum Gasteiger partial charge on any atom is -0.384 e. The first-order chi connectivity index (χ1) is 6.73. The molecule has 0 aliphatic heterocycles. The van der Waals surface area contributed by atoms with E-state index in [0.29, 0.717) is 11.3 Å². The average Bonchev–Trinajstić information content (AvgIpc) is 2.32. The first kappa shape index (κ1) is 12.1. The molecule has 0 fully saturated rings. The van der Waals surface area contributed by atoms with Crippen LogP contribution in [0.4, 0.5) is 5.82 Å². The van der Waals surface area contributed by atoms with Gasteiger partial charge in [0.25, 0.3) is 0 Å². The van der Waals surface area contributed by atoms with E-state index in [2.05, 4.69) is 32.8 Å². The number of anilines is 1. The van der Waals surface area contributed by atoms with E-state index in [1.54, 1.807) is 4.68 Å². The summed E-state index contributed by atoms with van der Waals surface area (Å²) in [6.45, 7) is 11.1. The van der Waals surface area contributed by atoms with Crippen LogP contribution >= 0.6 is 0 Å². The molecule has 3 nitrogen and oxygen atoms in total. The fraction of sp³-hybridized carbons (Fsp3) is 0.750. The maximum Gasteiger partial charge on any atom is 0.124 e. The highest BCUT2D eigenvalue weighted by atomic mass is 15.3. The number of nitrogens with two attached hydrogens (primary N) is 1. The first-order valence-electron chi connectivity index (χ1n) is 5.51. The highest BCUT2D eigenvalue weighted by Gasteiger charge is 2.22. The van der Waals surface area contributed by atoms with Gasteiger partial charge in [0.1, 0.15) is 5.82 Å². The highest BCUT2D eigenvalue weighted by molar-refractivity contribution is 5.42. The molecule has 0 aliphatic rings. The molecule has 1 aromatic rings. The normalized spacial score (nSPS) is 14.3. The fourth-order valence-corrected chi connectivity index (χ4v) is 1.49. The minimum atomic E-state index is 0.318. The highest BCUT2D eigenvalue weighted by Crippen LogP contribution is 2.29. The Kier molecular flexibility index (Phi) is 3.12. The van der Waals surface area contributed by atoms with Crippen molar-refractivity contribution in [1.82, 2.24) is 9.78 Å². The average molecular weight is 209 g/mol. The molecule has 0 saturated heterocycles. The molecule has 0 radical (unpaired) electrons. The van der Waals surface area contributed by atoms with Crippen molar-refractivity contribution >= 4 is 5.82 Å². The van der Waals surface area contributed by atoms with E-state index >= 15 is 0 Å². The van der Waals surface area contributed by atoms with Gasteiger partial charge in [-0.3, -0.25) is 4.68 Å². The Morgan fingerprint density at radius 2 is 1.93 bits per heavy atom. The molecule has 1 rings (SSSR count). The third kappa shape index (κ3) is 2.52. The van der Waals surface area contributed by atoms with E-state index in [4.69, 9.17) is 5.73 Å². The molecule has 0 amide bonds. The smallest absolute Gasteiger partial charge is 0.124 e. The van der Waals surface area contributed by atoms with Gasteiger partial charge in [0.2, 0.25) is 0 Å². The van der Waals surface area contributed by atoms with Gasteiger partial charge in [-0.2, -0.15) is 5.10 Å². The largest absolute Gasteiger partial charge is 0.384 e. The van der Waals surface area contributed by atoms with Gasteiger partial charge < -0.3 is 5.73 Å². The second kappa shape index (κ2) is 3.87. The molecule has 1 unspecified atom stereocenters. The predicted molar refractivity (Wildman–Crippen MR) is 64.7 cm³/mol. The van der Waals surface area contributed by atoms with Gasteiger partial charge in [0.15, 0.2) is 0 Å². The van der Waals surface area contributed by atoms with E-state index in [1.807, 2.05) is 14.0 Å². The zero-order chi connectivity index (χ0) is 11.8. The standard InChI is InChI=1S/C12H23N3/c1-8(12(3,4)5)7-10-9(2)11(13)15(6)14-10/h8H,7,13H2,1-6H3. The zero-order valence-electron chi connectivity index (χ0n) is 10.8. The van der Waals surface area contributed by atoms with Crippen LogP contribution in [0, 0.1) is 18.3 Å². The van der Waals surface area contributed by atoms with Crippen LogP contribution in [0.25, 0.3) is 0 Å². The maximum absolute atomic E-state index is 5.89. The molecule has 86 valence electrons. The Morgan fingerprint density at radius 1 is 1.40 bits per heavy atom. The van der Waals surface area contributed by atoms with Crippen molar-refractivity contribution < 1.29 is 0 Å². The second-order valence-corrected chi connectivity index (χ2v) is 5.55. The van der Waals surface area contributed by atoms with Gasteiger partial charge in [0.05, 0.1) is 5.69 Å². The SMILES string of the molecule is Cc1c(CC(C)C(C)(C)C)nn(C)c1N. The third-order valence-corrected chi connectivity index (χ3v) is 3.41. The van der Waals surface area contributed by atoms with Gasteiger partial charge in [-0.05, 0) is 24.7 Å². The lowest BCUT2D eigenvalue weighted by molar-refractivity contribution is 0.258. The summed E-state index contributed by atoms with van der Waals surface area (Å²) in [6.07, 6.45) is 1.00. The number of rotatable bonds is 2. The van der Waals surface area contributed by atoms with Crippen molar-refractivity contribution in [3.8, 4) is 0 Å². The summed E-state index contributed by atoms with van der Waals surface area (Å²) >= 11 is 0. The van der Waals surface area contributed by atoms with Crippen molar-refractivity contribution in [3.05, 3.63) is 11.3 Å². The molecule has 0 bridgehead atoms. The Hall–Kier alpha value is -0.990. The van der Waals surface area contributed by atoms with Crippen LogP contribution in [-0.4, -0.2) is 9.78 Å². The van der Waals surface area contributed by atoms with Crippen LogP contribution in [0.15, 0.2) is 0 Å². The molecule has 3 heteroatoms. The summed E-state index contributed by atoms with van der Waals surface area (Å²) < 4.78 is 1.76. The number of hydrogen-bond donors (Lipinski definition) is 1. The lowest BCUT2D eigenvalue weighted by Crippen LogP contribution is -2.20. The van der Waals surface area contributed by atoms with Crippen LogP contribution in [0.2, 0.25) is 0 Å². The van der Waals surface area contributed by atoms with Crippen molar-refractivity contribution in [2.45, 2.75) is 41.0 Å². The Balaban J connectivity index is 2.86. The van der Waals surface area contributed by atoms with Gasteiger partial charge in [-0.25, -0.2) is 0 Å². The van der Waals surface area contributed by atoms with Crippen LogP contribution in [0.5, 0.6) is 0 Å². The van der Waals surface area contributed by atoms with Crippen LogP contribution in [0.1, 0.15) is 39.0 Å². The maximum atomic E-state index is 5.89. The fourth-order valence-electron chi connectivity index (χ4n) is 1.49. The van der Waals surface area contributed by atoms with Gasteiger partial charge in [-0.15, -0.1) is 0 Å². The van der Waals surface area contributed by atoms with E-state index in [1.165, 1.54) is 0 Å². The Labute approximate surface area is 92.7 Å². The third-order valence-electron chi connectivity index (χ3n) is 3.41. The minimum absolute atomic E-state index is 0.318. The summed E-state index contributed by atoms with van der Waals surface area (Å²) in [6, 6.07) is 0. The summed E-state index contributed by atoms with van der Waals surface area (Å²) in [7, 11) is 1.90. The van der Waals surface area contributed by atoms with Crippen LogP contribution in [0.3, 0.4) is 0 Å². The molecule has 0 aromatic carbocycles. The number of nitrogen functional groups attached to an aromatic ring is 1. The molecular formula is C12H23N3. The molecule has 1 atom stereocenters. The first-order valence-corrected chi connectivity index (χ1v) is 5.51. The van der Waals surface area contributed by atoms with Crippen LogP contribution in [-0.2, 0) is 13.5 Å². The molecule has 15 heavy (non-hydrogen) atoms. The molecule has 0 aliphatic carbocycles. The Morgan fingerprint density at radius 3 is 2.27 bits per heavy atom. The molecule has 2 N–H and O–H groups in total. The zero-order valence-corrected chi connectivity index (χ0v) is 10.8. The van der Waals surface area contributed by atoms with E-state index in [9.17, 15) is 0 Å². The summed E-state index contributed by atoms with van der Waals surface area (Å²) in [5.41, 5.74) is 8.48. The number of aromatic nitrogens is 2. The molecule has 1 aromatic heterocycles. The molecule has 0 saturated carbocycles. The number of aryl methyl sites for hydroxylation is 1. The summed E-state index contributed by atoms with van der Waals surface area (Å²) in [5, 5.41) is 4.45. The van der Waals surface area contributed by atoms with E-state index in [0.717, 1.165) is 23.5 Å². The lowest BCUT2D eigenvalue weighted by Gasteiger charge is -2.26. The van der Waals surface area contributed by atoms with Gasteiger partial charge in [0, 0.05) is 12.6 Å². The monoisotopic (exact) mass is 209 g/mol. The lowest BCUT2D eigenvalue weighted by atomic mass is 9.79. The van der Waals surface area contributed by atoms with Crippen LogP contribution < -0.4 is 5.73 Å². The summed E-state index contributed by atoms with van der Waals surface area (Å²) in [4.78, 5) is 0. The molecular weight excluding hydrogens is 186 g/mol. The van der Waals surface area contributed by atoms with E-state index in [-0.39, 0.29) is 0 Å².